The molecule has 0 fully saturated rings. The van der Waals surface area contributed by atoms with Crippen molar-refractivity contribution < 1.29 is 52.8 Å². The zero-order chi connectivity index (χ0) is 19.4. The number of carbonyl (C=O) groups is 1. The van der Waals surface area contributed by atoms with Crippen molar-refractivity contribution in [3.8, 4) is 11.5 Å². The van der Waals surface area contributed by atoms with Gasteiger partial charge in [-0.05, 0) is 57.1 Å². The zero-order valence-corrected chi connectivity index (χ0v) is 19.4. The van der Waals surface area contributed by atoms with Crippen molar-refractivity contribution in [2.75, 3.05) is 0 Å². The molecule has 2 atom stereocenters. The number of aromatic hydroxyl groups is 2. The van der Waals surface area contributed by atoms with Crippen LogP contribution in [0.5, 0.6) is 11.5 Å². The molecule has 0 bridgehead atoms. The fourth-order valence-corrected chi connectivity index (χ4v) is 3.96. The summed E-state index contributed by atoms with van der Waals surface area (Å²) in [5.74, 6) is -1.67. The van der Waals surface area contributed by atoms with Crippen molar-refractivity contribution in [2.24, 2.45) is 5.92 Å². The van der Waals surface area contributed by atoms with Crippen molar-refractivity contribution in [3.63, 3.8) is 0 Å². The molecule has 1 aliphatic carbocycles. The van der Waals surface area contributed by atoms with Crippen LogP contribution in [0.25, 0.3) is 0 Å². The van der Waals surface area contributed by atoms with Gasteiger partial charge in [0.05, 0.1) is 0 Å². The minimum atomic E-state index is -1.15. The van der Waals surface area contributed by atoms with Crippen LogP contribution in [0.1, 0.15) is 80.3 Å². The van der Waals surface area contributed by atoms with Gasteiger partial charge in [-0.3, -0.25) is 0 Å². The van der Waals surface area contributed by atoms with Crippen molar-refractivity contribution in [2.45, 2.75) is 65.2 Å². The quantitative estimate of drug-likeness (QED) is 0.379. The molecule has 145 valence electrons. The van der Waals surface area contributed by atoms with Crippen LogP contribution < -0.4 is 0 Å². The Labute approximate surface area is 187 Å². The van der Waals surface area contributed by atoms with Gasteiger partial charge in [-0.2, -0.15) is 0 Å². The fourth-order valence-electron chi connectivity index (χ4n) is 3.96. The maximum absolute atomic E-state index is 11.8. The minimum Gasteiger partial charge on any atom is -0.507 e. The van der Waals surface area contributed by atoms with E-state index in [9.17, 15) is 20.1 Å². The molecular weight excluding hydrogens is 417 g/mol. The minimum absolute atomic E-state index is 0. The number of carboxylic acid groups (broad SMARTS) is 1. The number of aromatic carboxylic acids is 1. The molecule has 27 heavy (non-hydrogen) atoms. The first-order valence-electron chi connectivity index (χ1n) is 9.41. The maximum Gasteiger partial charge on any atom is 0.339 e. The monoisotopic (exact) mass is 447 g/mol. The van der Waals surface area contributed by atoms with Crippen LogP contribution in [0.2, 0.25) is 0 Å². The van der Waals surface area contributed by atoms with E-state index in [0.717, 1.165) is 37.7 Å². The van der Waals surface area contributed by atoms with E-state index in [0.29, 0.717) is 17.5 Å². The summed E-state index contributed by atoms with van der Waals surface area (Å²) in [7, 11) is 0. The molecule has 0 saturated heterocycles. The molecule has 1 aromatic rings. The molecule has 3 N–H and O–H groups in total. The first-order valence-corrected chi connectivity index (χ1v) is 9.41. The Bertz CT molecular complexity index is 736. The van der Waals surface area contributed by atoms with Gasteiger partial charge in [0, 0.05) is 44.2 Å². The maximum atomic E-state index is 11.8. The van der Waals surface area contributed by atoms with Crippen molar-refractivity contribution in [1.29, 1.82) is 0 Å². The molecule has 1 aromatic carbocycles. The molecular formula is C22H30O4Y. The van der Waals surface area contributed by atoms with Crippen LogP contribution in [0.4, 0.5) is 0 Å². The van der Waals surface area contributed by atoms with E-state index in [-0.39, 0.29) is 61.6 Å². The predicted octanol–water partition coefficient (Wildman–Crippen LogP) is 5.54. The largest absolute Gasteiger partial charge is 0.507 e. The second kappa shape index (κ2) is 10.4. The first kappa shape index (κ1) is 23.9. The molecule has 0 unspecified atom stereocenters. The summed E-state index contributed by atoms with van der Waals surface area (Å²) >= 11 is 0. The average molecular weight is 447 g/mol. The second-order valence-electron chi connectivity index (χ2n) is 7.48. The average Bonchev–Trinajstić information content (AvgIpc) is 2.54. The second-order valence-corrected chi connectivity index (χ2v) is 7.48. The summed E-state index contributed by atoms with van der Waals surface area (Å²) < 4.78 is 0. The summed E-state index contributed by atoms with van der Waals surface area (Å²) in [5, 5.41) is 31.1. The summed E-state index contributed by atoms with van der Waals surface area (Å²) in [6.45, 7) is 10.1. The third-order valence-corrected chi connectivity index (χ3v) is 5.38. The molecule has 0 heterocycles. The summed E-state index contributed by atoms with van der Waals surface area (Å²) in [5.41, 5.74) is 2.88. The molecule has 5 heteroatoms. The third kappa shape index (κ3) is 5.45. The number of carboxylic acids is 1. The molecule has 0 aliphatic heterocycles. The van der Waals surface area contributed by atoms with E-state index in [1.165, 1.54) is 11.6 Å². The predicted molar refractivity (Wildman–Crippen MR) is 104 cm³/mol. The molecule has 0 spiro atoms. The molecule has 0 saturated carbocycles. The van der Waals surface area contributed by atoms with E-state index in [1.807, 2.05) is 19.9 Å². The number of benzene rings is 1. The van der Waals surface area contributed by atoms with Gasteiger partial charge in [0.2, 0.25) is 0 Å². The number of hydrogen-bond donors (Lipinski definition) is 3. The van der Waals surface area contributed by atoms with Gasteiger partial charge in [0.1, 0.15) is 17.1 Å². The number of hydrogen-bond acceptors (Lipinski definition) is 3. The Balaban J connectivity index is 0.00000364. The molecule has 1 aliphatic rings. The Morgan fingerprint density at radius 3 is 2.52 bits per heavy atom. The van der Waals surface area contributed by atoms with E-state index < -0.39 is 5.97 Å². The Hall–Kier alpha value is -1.13. The Morgan fingerprint density at radius 2 is 1.96 bits per heavy atom. The normalized spacial score (nSPS) is 19.1. The third-order valence-electron chi connectivity index (χ3n) is 5.38. The molecule has 2 rings (SSSR count). The van der Waals surface area contributed by atoms with Gasteiger partial charge in [-0.25, -0.2) is 4.79 Å². The first-order chi connectivity index (χ1) is 12.3. The zero-order valence-electron chi connectivity index (χ0n) is 16.6. The van der Waals surface area contributed by atoms with E-state index in [4.69, 9.17) is 0 Å². The van der Waals surface area contributed by atoms with Crippen molar-refractivity contribution in [1.82, 2.24) is 0 Å². The SMILES string of the molecule is C=C(C)[C@@H]1CCC(C)=C[C@H]1c1c(O)cc(CCCCC)c(C(=O)O)c1O.[Y]. The van der Waals surface area contributed by atoms with Gasteiger partial charge in [0.25, 0.3) is 0 Å². The smallest absolute Gasteiger partial charge is 0.339 e. The molecule has 0 amide bonds. The van der Waals surface area contributed by atoms with Crippen LogP contribution in [-0.4, -0.2) is 21.3 Å². The summed E-state index contributed by atoms with van der Waals surface area (Å²) in [4.78, 5) is 11.8. The van der Waals surface area contributed by atoms with E-state index in [2.05, 4.69) is 13.5 Å². The Kier molecular flexibility index (Phi) is 9.23. The van der Waals surface area contributed by atoms with Crippen LogP contribution in [0, 0.1) is 5.92 Å². The number of aryl methyl sites for hydroxylation is 1. The number of unbranched alkanes of at least 4 members (excludes halogenated alkanes) is 2. The topological polar surface area (TPSA) is 77.8 Å². The van der Waals surface area contributed by atoms with Crippen molar-refractivity contribution in [3.05, 3.63) is 46.6 Å². The van der Waals surface area contributed by atoms with Crippen LogP contribution in [0.3, 0.4) is 0 Å². The fraction of sp³-hybridized carbons (Fsp3) is 0.500. The van der Waals surface area contributed by atoms with Gasteiger partial charge in [-0.15, -0.1) is 0 Å². The van der Waals surface area contributed by atoms with Crippen LogP contribution in [0.15, 0.2) is 29.9 Å². The van der Waals surface area contributed by atoms with Crippen LogP contribution in [-0.2, 0) is 39.1 Å². The number of rotatable bonds is 7. The summed E-state index contributed by atoms with van der Waals surface area (Å²) in [6, 6.07) is 1.53. The number of phenolic OH excluding ortho intramolecular Hbond substituents is 1. The van der Waals surface area contributed by atoms with Gasteiger partial charge < -0.3 is 15.3 Å². The van der Waals surface area contributed by atoms with Gasteiger partial charge >= 0.3 is 5.97 Å². The van der Waals surface area contributed by atoms with Crippen molar-refractivity contribution >= 4 is 5.97 Å². The van der Waals surface area contributed by atoms with E-state index in [1.54, 1.807) is 0 Å². The molecule has 4 nitrogen and oxygen atoms in total. The molecule has 1 radical (unpaired) electrons. The standard InChI is InChI=1S/C22H30O4.Y/c1-5-6-7-8-15-12-18(23)20(21(24)19(15)22(25)26)17-11-14(4)9-10-16(17)13(2)3;/h11-12,16-17,23-24H,2,5-10H2,1,3-4H3,(H,25,26);/t16-,17+;/m0./s1. The Morgan fingerprint density at radius 1 is 1.30 bits per heavy atom. The van der Waals surface area contributed by atoms with Gasteiger partial charge in [0.15, 0.2) is 0 Å². The van der Waals surface area contributed by atoms with Gasteiger partial charge in [-0.1, -0.05) is 43.6 Å². The van der Waals surface area contributed by atoms with E-state index >= 15 is 0 Å². The summed E-state index contributed by atoms with van der Waals surface area (Å²) in [6.07, 6.45) is 7.19. The van der Waals surface area contributed by atoms with Crippen LogP contribution >= 0.6 is 0 Å². The molecule has 0 aromatic heterocycles. The number of phenols is 2. The number of allylic oxidation sites excluding steroid dienone is 3.